The van der Waals surface area contributed by atoms with Crippen LogP contribution in [0.3, 0.4) is 0 Å². The Hall–Kier alpha value is -2.06. The zero-order chi connectivity index (χ0) is 18.9. The molecule has 1 fully saturated rings. The first kappa shape index (κ1) is 18.7. The number of alkyl halides is 3. The van der Waals surface area contributed by atoms with Crippen molar-refractivity contribution in [2.24, 2.45) is 0 Å². The van der Waals surface area contributed by atoms with Gasteiger partial charge in [-0.2, -0.15) is 13.2 Å². The predicted octanol–water partition coefficient (Wildman–Crippen LogP) is 4.47. The number of hydrogen-bond acceptors (Lipinski definition) is 4. The highest BCUT2D eigenvalue weighted by Crippen LogP contribution is 2.36. The molecule has 4 nitrogen and oxygen atoms in total. The van der Waals surface area contributed by atoms with E-state index in [0.717, 1.165) is 21.9 Å². The first-order chi connectivity index (χ1) is 12.3. The van der Waals surface area contributed by atoms with Gasteiger partial charge in [0.2, 0.25) is 0 Å². The third-order valence-corrected chi connectivity index (χ3v) is 5.18. The molecule has 0 atom stereocenters. The Bertz CT molecular complexity index is 811. The number of thiophene rings is 1. The number of carbonyl (C=O) groups is 1. The number of nitrogens with one attached hydrogen (secondary N) is 1. The Morgan fingerprint density at radius 1 is 1.19 bits per heavy atom. The summed E-state index contributed by atoms with van der Waals surface area (Å²) in [4.78, 5) is 16.3. The second-order valence-electron chi connectivity index (χ2n) is 6.11. The molecule has 26 heavy (non-hydrogen) atoms. The number of carbonyl (C=O) groups excluding carboxylic acids is 1. The summed E-state index contributed by atoms with van der Waals surface area (Å²) in [6.07, 6.45) is -4.47. The van der Waals surface area contributed by atoms with Gasteiger partial charge in [0.05, 0.1) is 35.7 Å². The van der Waals surface area contributed by atoms with E-state index in [9.17, 15) is 18.0 Å². The van der Waals surface area contributed by atoms with Crippen LogP contribution in [0.1, 0.15) is 25.7 Å². The lowest BCUT2D eigenvalue weighted by Gasteiger charge is -2.31. The molecule has 1 aromatic heterocycles. The third kappa shape index (κ3) is 4.02. The fourth-order valence-corrected chi connectivity index (χ4v) is 3.86. The van der Waals surface area contributed by atoms with E-state index in [1.54, 1.807) is 6.07 Å². The number of halogens is 3. The van der Waals surface area contributed by atoms with Crippen molar-refractivity contribution in [1.29, 1.82) is 0 Å². The van der Waals surface area contributed by atoms with Gasteiger partial charge in [-0.25, -0.2) is 0 Å². The van der Waals surface area contributed by atoms with Crippen LogP contribution in [0, 0.1) is 13.8 Å². The van der Waals surface area contributed by atoms with Crippen molar-refractivity contribution in [2.45, 2.75) is 20.0 Å². The van der Waals surface area contributed by atoms with Gasteiger partial charge in [-0.1, -0.05) is 0 Å². The lowest BCUT2D eigenvalue weighted by atomic mass is 10.1. The third-order valence-electron chi connectivity index (χ3n) is 4.21. The summed E-state index contributed by atoms with van der Waals surface area (Å²) < 4.78 is 44.7. The Morgan fingerprint density at radius 2 is 1.88 bits per heavy atom. The van der Waals surface area contributed by atoms with Crippen LogP contribution in [0.15, 0.2) is 24.3 Å². The van der Waals surface area contributed by atoms with Gasteiger partial charge in [0, 0.05) is 22.8 Å². The quantitative estimate of drug-likeness (QED) is 0.849. The summed E-state index contributed by atoms with van der Waals surface area (Å²) in [7, 11) is 0. The highest BCUT2D eigenvalue weighted by molar-refractivity contribution is 7.12. The first-order valence-corrected chi connectivity index (χ1v) is 8.99. The van der Waals surface area contributed by atoms with E-state index in [1.807, 2.05) is 18.7 Å². The zero-order valence-corrected chi connectivity index (χ0v) is 15.3. The fourth-order valence-electron chi connectivity index (χ4n) is 2.94. The van der Waals surface area contributed by atoms with E-state index >= 15 is 0 Å². The van der Waals surface area contributed by atoms with E-state index in [2.05, 4.69) is 5.32 Å². The number of amides is 1. The monoisotopic (exact) mass is 384 g/mol. The molecular formula is C18H19F3N2O2S. The summed E-state index contributed by atoms with van der Waals surface area (Å²) >= 11 is 1.48. The van der Waals surface area contributed by atoms with Crippen molar-refractivity contribution in [2.75, 3.05) is 36.5 Å². The topological polar surface area (TPSA) is 41.6 Å². The first-order valence-electron chi connectivity index (χ1n) is 8.18. The number of aryl methyl sites for hydroxylation is 2. The standard InChI is InChI=1S/C18H19F3N2O2S/c1-11-9-14(12(2)26-11)17(24)22-15-10-13(18(19,20)21)3-4-16(15)23-5-7-25-8-6-23/h3-4,9-10H,5-8H2,1-2H3,(H,22,24). The molecule has 1 aliphatic heterocycles. The molecule has 0 unspecified atom stereocenters. The molecule has 0 aliphatic carbocycles. The van der Waals surface area contributed by atoms with Gasteiger partial charge in [0.1, 0.15) is 0 Å². The maximum atomic E-state index is 13.1. The lowest BCUT2D eigenvalue weighted by Crippen LogP contribution is -2.36. The normalized spacial score (nSPS) is 15.2. The molecule has 1 saturated heterocycles. The van der Waals surface area contributed by atoms with Gasteiger partial charge in [0.15, 0.2) is 0 Å². The Balaban J connectivity index is 1.96. The van der Waals surface area contributed by atoms with E-state index in [0.29, 0.717) is 37.6 Å². The highest BCUT2D eigenvalue weighted by Gasteiger charge is 2.32. The minimum Gasteiger partial charge on any atom is -0.378 e. The van der Waals surface area contributed by atoms with Crippen LogP contribution in [-0.2, 0) is 10.9 Å². The number of hydrogen-bond donors (Lipinski definition) is 1. The number of morpholine rings is 1. The van der Waals surface area contributed by atoms with Crippen molar-refractivity contribution in [3.05, 3.63) is 45.1 Å². The van der Waals surface area contributed by atoms with Gasteiger partial charge in [-0.05, 0) is 38.1 Å². The van der Waals surface area contributed by atoms with Crippen LogP contribution in [0.4, 0.5) is 24.5 Å². The number of nitrogens with zero attached hydrogens (tertiary/aromatic N) is 1. The molecule has 3 rings (SSSR count). The molecule has 0 radical (unpaired) electrons. The number of benzene rings is 1. The lowest BCUT2D eigenvalue weighted by molar-refractivity contribution is -0.137. The average Bonchev–Trinajstić information content (AvgIpc) is 2.93. The number of anilines is 2. The fraction of sp³-hybridized carbons (Fsp3) is 0.389. The van der Waals surface area contributed by atoms with Gasteiger partial charge in [-0.15, -0.1) is 11.3 Å². The summed E-state index contributed by atoms with van der Waals surface area (Å²) in [6.45, 7) is 5.82. The van der Waals surface area contributed by atoms with Crippen LogP contribution in [-0.4, -0.2) is 32.2 Å². The van der Waals surface area contributed by atoms with Gasteiger partial charge in [0.25, 0.3) is 5.91 Å². The van der Waals surface area contributed by atoms with Gasteiger partial charge < -0.3 is 15.0 Å². The molecule has 0 saturated carbocycles. The summed E-state index contributed by atoms with van der Waals surface area (Å²) in [5.74, 6) is -0.402. The molecule has 1 amide bonds. The molecule has 0 bridgehead atoms. The van der Waals surface area contributed by atoms with Crippen molar-refractivity contribution >= 4 is 28.6 Å². The Kier molecular flexibility index (Phi) is 5.24. The molecule has 140 valence electrons. The minimum absolute atomic E-state index is 0.162. The van der Waals surface area contributed by atoms with Crippen molar-refractivity contribution in [3.63, 3.8) is 0 Å². The van der Waals surface area contributed by atoms with Crippen LogP contribution < -0.4 is 10.2 Å². The van der Waals surface area contributed by atoms with Crippen LogP contribution >= 0.6 is 11.3 Å². The van der Waals surface area contributed by atoms with Crippen molar-refractivity contribution < 1.29 is 22.7 Å². The Morgan fingerprint density at radius 3 is 2.46 bits per heavy atom. The number of ether oxygens (including phenoxy) is 1. The molecule has 1 aliphatic rings. The van der Waals surface area contributed by atoms with Crippen LogP contribution in [0.2, 0.25) is 0 Å². The molecular weight excluding hydrogens is 365 g/mol. The molecule has 8 heteroatoms. The smallest absolute Gasteiger partial charge is 0.378 e. The minimum atomic E-state index is -4.47. The largest absolute Gasteiger partial charge is 0.416 e. The molecule has 2 aromatic rings. The van der Waals surface area contributed by atoms with Gasteiger partial charge in [-0.3, -0.25) is 4.79 Å². The highest BCUT2D eigenvalue weighted by atomic mass is 32.1. The molecule has 0 spiro atoms. The zero-order valence-electron chi connectivity index (χ0n) is 14.4. The Labute approximate surface area is 153 Å². The van der Waals surface area contributed by atoms with Crippen molar-refractivity contribution in [3.8, 4) is 0 Å². The van der Waals surface area contributed by atoms with Crippen molar-refractivity contribution in [1.82, 2.24) is 0 Å². The maximum Gasteiger partial charge on any atom is 0.416 e. The summed E-state index contributed by atoms with van der Waals surface area (Å²) in [6, 6.07) is 5.20. The second-order valence-corrected chi connectivity index (χ2v) is 7.57. The average molecular weight is 384 g/mol. The second kappa shape index (κ2) is 7.28. The maximum absolute atomic E-state index is 13.1. The van der Waals surface area contributed by atoms with Crippen LogP contribution in [0.5, 0.6) is 0 Å². The molecule has 2 heterocycles. The molecule has 1 N–H and O–H groups in total. The van der Waals surface area contributed by atoms with Crippen LogP contribution in [0.25, 0.3) is 0 Å². The summed E-state index contributed by atoms with van der Waals surface area (Å²) in [5.41, 5.74) is 0.426. The van der Waals surface area contributed by atoms with E-state index in [4.69, 9.17) is 4.74 Å². The van der Waals surface area contributed by atoms with E-state index in [1.165, 1.54) is 17.4 Å². The number of rotatable bonds is 3. The van der Waals surface area contributed by atoms with Gasteiger partial charge >= 0.3 is 6.18 Å². The van der Waals surface area contributed by atoms with E-state index in [-0.39, 0.29) is 5.69 Å². The SMILES string of the molecule is Cc1cc(C(=O)Nc2cc(C(F)(F)F)ccc2N2CCOCC2)c(C)s1. The summed E-state index contributed by atoms with van der Waals surface area (Å²) in [5, 5.41) is 2.68. The predicted molar refractivity (Wildman–Crippen MR) is 96.2 cm³/mol. The van der Waals surface area contributed by atoms with E-state index < -0.39 is 17.6 Å². The molecule has 1 aromatic carbocycles.